The number of imidazole rings is 1. The standard InChI is InChI=1S/C23H21F2N3O4/c1-12-19(14-6-5-7-15(24)18(14)25)28(21(30)20(12)29)13-8-9-17-16(10-13)26-11-27(17)22(31)32-23(2,3)4/h5-12,19H,1-4H3. The van der Waals surface area contributed by atoms with Gasteiger partial charge in [-0.2, -0.15) is 0 Å². The van der Waals surface area contributed by atoms with Gasteiger partial charge >= 0.3 is 6.09 Å². The van der Waals surface area contributed by atoms with E-state index in [-0.39, 0.29) is 11.3 Å². The lowest BCUT2D eigenvalue weighted by Gasteiger charge is -2.27. The smallest absolute Gasteiger partial charge is 0.420 e. The number of carbonyl (C=O) groups is 3. The first kappa shape index (κ1) is 21.6. The maximum atomic E-state index is 14.6. The number of Topliss-reactive ketones (excluding diaryl/α,β-unsaturated/α-hetero) is 1. The summed E-state index contributed by atoms with van der Waals surface area (Å²) in [6.07, 6.45) is 0.680. The maximum Gasteiger partial charge on any atom is 0.420 e. The van der Waals surface area contributed by atoms with Gasteiger partial charge in [0.2, 0.25) is 5.78 Å². The van der Waals surface area contributed by atoms with E-state index in [9.17, 15) is 23.2 Å². The van der Waals surface area contributed by atoms with E-state index >= 15 is 0 Å². The lowest BCUT2D eigenvalue weighted by molar-refractivity contribution is -0.135. The number of carbonyl (C=O) groups excluding carboxylic acids is 3. The quantitative estimate of drug-likeness (QED) is 0.551. The van der Waals surface area contributed by atoms with Crippen molar-refractivity contribution in [3.63, 3.8) is 0 Å². The van der Waals surface area contributed by atoms with Crippen LogP contribution in [0.1, 0.15) is 39.3 Å². The van der Waals surface area contributed by atoms with Gasteiger partial charge in [0.05, 0.1) is 17.1 Å². The van der Waals surface area contributed by atoms with Gasteiger partial charge in [-0.3, -0.25) is 14.5 Å². The second-order valence-corrected chi connectivity index (χ2v) is 8.68. The molecule has 2 unspecified atom stereocenters. The largest absolute Gasteiger partial charge is 0.443 e. The molecule has 1 fully saturated rings. The zero-order valence-corrected chi connectivity index (χ0v) is 17.9. The highest BCUT2D eigenvalue weighted by Gasteiger charge is 2.47. The first-order valence-electron chi connectivity index (χ1n) is 10.0. The second kappa shape index (κ2) is 7.51. The van der Waals surface area contributed by atoms with Gasteiger partial charge in [0.25, 0.3) is 5.91 Å². The molecule has 0 N–H and O–H groups in total. The van der Waals surface area contributed by atoms with Crippen LogP contribution in [0.2, 0.25) is 0 Å². The van der Waals surface area contributed by atoms with Gasteiger partial charge in [0, 0.05) is 17.2 Å². The average molecular weight is 441 g/mol. The molecule has 1 saturated heterocycles. The zero-order chi connectivity index (χ0) is 23.4. The van der Waals surface area contributed by atoms with E-state index in [1.807, 2.05) is 0 Å². The highest BCUT2D eigenvalue weighted by molar-refractivity contribution is 6.44. The third kappa shape index (κ3) is 3.53. The van der Waals surface area contributed by atoms with Crippen LogP contribution >= 0.6 is 0 Å². The number of fused-ring (bicyclic) bond motifs is 1. The predicted molar refractivity (Wildman–Crippen MR) is 112 cm³/mol. The van der Waals surface area contributed by atoms with Gasteiger partial charge in [0.1, 0.15) is 11.9 Å². The van der Waals surface area contributed by atoms with E-state index in [4.69, 9.17) is 4.74 Å². The fourth-order valence-corrected chi connectivity index (χ4v) is 3.85. The third-order valence-corrected chi connectivity index (χ3v) is 5.29. The number of aromatic nitrogens is 2. The van der Waals surface area contributed by atoms with E-state index in [0.29, 0.717) is 11.0 Å². The first-order valence-corrected chi connectivity index (χ1v) is 10.0. The molecule has 1 aliphatic heterocycles. The number of hydrogen-bond donors (Lipinski definition) is 0. The van der Waals surface area contributed by atoms with Gasteiger partial charge in [-0.1, -0.05) is 19.1 Å². The van der Waals surface area contributed by atoms with Crippen molar-refractivity contribution in [2.75, 3.05) is 4.90 Å². The van der Waals surface area contributed by atoms with Crippen LogP contribution in [0.4, 0.5) is 19.3 Å². The summed E-state index contributed by atoms with van der Waals surface area (Å²) in [5.41, 5.74) is 0.294. The molecule has 0 aliphatic carbocycles. The number of ether oxygens (including phenoxy) is 1. The minimum Gasteiger partial charge on any atom is -0.443 e. The Morgan fingerprint density at radius 3 is 2.53 bits per heavy atom. The normalized spacial score (nSPS) is 19.1. The summed E-state index contributed by atoms with van der Waals surface area (Å²) in [5.74, 6) is -4.57. The molecule has 9 heteroatoms. The Balaban J connectivity index is 1.78. The van der Waals surface area contributed by atoms with Crippen molar-refractivity contribution in [3.8, 4) is 0 Å². The van der Waals surface area contributed by atoms with Gasteiger partial charge in [-0.15, -0.1) is 0 Å². The Bertz CT molecular complexity index is 1260. The van der Waals surface area contributed by atoms with Crippen molar-refractivity contribution in [1.82, 2.24) is 9.55 Å². The molecule has 0 radical (unpaired) electrons. The summed E-state index contributed by atoms with van der Waals surface area (Å²) >= 11 is 0. The van der Waals surface area contributed by atoms with Crippen molar-refractivity contribution in [2.45, 2.75) is 39.3 Å². The minimum absolute atomic E-state index is 0.0870. The molecule has 166 valence electrons. The molecular weight excluding hydrogens is 420 g/mol. The number of amides is 1. The van der Waals surface area contributed by atoms with E-state index in [1.54, 1.807) is 26.8 Å². The first-order chi connectivity index (χ1) is 15.0. The summed E-state index contributed by atoms with van der Waals surface area (Å²) in [6.45, 7) is 6.73. The van der Waals surface area contributed by atoms with Gasteiger partial charge in [-0.05, 0) is 45.0 Å². The molecule has 7 nitrogen and oxygen atoms in total. The zero-order valence-electron chi connectivity index (χ0n) is 17.9. The van der Waals surface area contributed by atoms with Crippen LogP contribution in [0.25, 0.3) is 11.0 Å². The Hall–Kier alpha value is -3.62. The van der Waals surface area contributed by atoms with Crippen LogP contribution in [-0.2, 0) is 14.3 Å². The van der Waals surface area contributed by atoms with Crippen molar-refractivity contribution in [1.29, 1.82) is 0 Å². The highest BCUT2D eigenvalue weighted by atomic mass is 19.2. The van der Waals surface area contributed by atoms with Crippen molar-refractivity contribution < 1.29 is 27.9 Å². The van der Waals surface area contributed by atoms with Crippen LogP contribution in [0.3, 0.4) is 0 Å². The maximum absolute atomic E-state index is 14.6. The molecular formula is C23H21F2N3O4. The van der Waals surface area contributed by atoms with E-state index in [0.717, 1.165) is 11.0 Å². The van der Waals surface area contributed by atoms with Crippen LogP contribution in [0.5, 0.6) is 0 Å². The summed E-state index contributed by atoms with van der Waals surface area (Å²) < 4.78 is 35.0. The van der Waals surface area contributed by atoms with Gasteiger partial charge in [-0.25, -0.2) is 23.1 Å². The monoisotopic (exact) mass is 441 g/mol. The summed E-state index contributed by atoms with van der Waals surface area (Å²) in [6, 6.07) is 7.24. The van der Waals surface area contributed by atoms with Crippen LogP contribution in [-0.4, -0.2) is 32.9 Å². The van der Waals surface area contributed by atoms with E-state index in [1.165, 1.54) is 42.1 Å². The fraction of sp³-hybridized carbons (Fsp3) is 0.304. The molecule has 32 heavy (non-hydrogen) atoms. The molecule has 3 aromatic rings. The van der Waals surface area contributed by atoms with Crippen molar-refractivity contribution in [2.24, 2.45) is 5.92 Å². The number of ketones is 1. The van der Waals surface area contributed by atoms with Gasteiger partial charge in [0.15, 0.2) is 11.6 Å². The Morgan fingerprint density at radius 1 is 1.12 bits per heavy atom. The predicted octanol–water partition coefficient (Wildman–Crippen LogP) is 4.39. The lowest BCUT2D eigenvalue weighted by atomic mass is 9.94. The molecule has 1 amide bonds. The molecule has 0 bridgehead atoms. The van der Waals surface area contributed by atoms with Crippen molar-refractivity contribution in [3.05, 3.63) is 59.9 Å². The molecule has 4 rings (SSSR count). The van der Waals surface area contributed by atoms with Gasteiger partial charge < -0.3 is 4.74 Å². The number of rotatable bonds is 2. The number of nitrogens with zero attached hydrogens (tertiary/aromatic N) is 3. The third-order valence-electron chi connectivity index (χ3n) is 5.29. The molecule has 1 aromatic heterocycles. The minimum atomic E-state index is -1.10. The molecule has 0 saturated carbocycles. The van der Waals surface area contributed by atoms with Crippen LogP contribution in [0, 0.1) is 17.6 Å². The number of anilines is 1. The number of benzene rings is 2. The fourth-order valence-electron chi connectivity index (χ4n) is 3.85. The molecule has 2 atom stereocenters. The van der Waals surface area contributed by atoms with E-state index < -0.39 is 47.0 Å². The van der Waals surface area contributed by atoms with E-state index in [2.05, 4.69) is 4.98 Å². The molecule has 0 spiro atoms. The number of halogens is 2. The molecule has 2 aromatic carbocycles. The summed E-state index contributed by atoms with van der Waals surface area (Å²) in [4.78, 5) is 43.0. The SMILES string of the molecule is CC1C(=O)C(=O)N(c2ccc3c(c2)ncn3C(=O)OC(C)(C)C)C1c1cccc(F)c1F. The Kier molecular flexibility index (Phi) is 5.07. The summed E-state index contributed by atoms with van der Waals surface area (Å²) in [5, 5.41) is 0. The van der Waals surface area contributed by atoms with Crippen LogP contribution < -0.4 is 4.90 Å². The molecule has 2 heterocycles. The lowest BCUT2D eigenvalue weighted by Crippen LogP contribution is -2.30. The van der Waals surface area contributed by atoms with Crippen molar-refractivity contribution >= 4 is 34.5 Å². The summed E-state index contributed by atoms with van der Waals surface area (Å²) in [7, 11) is 0. The Labute approximate surface area is 182 Å². The highest BCUT2D eigenvalue weighted by Crippen LogP contribution is 2.41. The Morgan fingerprint density at radius 2 is 1.84 bits per heavy atom. The average Bonchev–Trinajstić information content (AvgIpc) is 3.23. The molecule has 1 aliphatic rings. The number of hydrogen-bond acceptors (Lipinski definition) is 5. The topological polar surface area (TPSA) is 81.5 Å². The van der Waals surface area contributed by atoms with Crippen LogP contribution in [0.15, 0.2) is 42.7 Å². The second-order valence-electron chi connectivity index (χ2n) is 8.68.